The summed E-state index contributed by atoms with van der Waals surface area (Å²) < 4.78 is 15.9. The van der Waals surface area contributed by atoms with Crippen LogP contribution in [0.3, 0.4) is 0 Å². The van der Waals surface area contributed by atoms with Crippen LogP contribution in [-0.4, -0.2) is 20.4 Å². The summed E-state index contributed by atoms with van der Waals surface area (Å²) in [7, 11) is 0. The normalized spacial score (nSPS) is 11.2. The average molecular weight is 369 g/mol. The molecule has 0 aliphatic carbocycles. The summed E-state index contributed by atoms with van der Waals surface area (Å²) in [5, 5.41) is 0. The maximum Gasteiger partial charge on any atom is 0.160 e. The zero-order chi connectivity index (χ0) is 14.8. The molecule has 0 aliphatic rings. The number of rotatable bonds is 4. The fraction of sp³-hybridized carbons (Fsp3) is 0.200. The maximum atomic E-state index is 13.0. The molecular weight excluding hydrogens is 357 g/mol. The lowest BCUT2D eigenvalue weighted by Gasteiger charge is -2.08. The van der Waals surface area contributed by atoms with Gasteiger partial charge >= 0.3 is 0 Å². The van der Waals surface area contributed by atoms with E-state index in [-0.39, 0.29) is 5.82 Å². The van der Waals surface area contributed by atoms with Crippen molar-refractivity contribution in [1.29, 1.82) is 0 Å². The monoisotopic (exact) mass is 367 g/mol. The Kier molecular flexibility index (Phi) is 4.22. The van der Waals surface area contributed by atoms with Crippen molar-refractivity contribution in [2.75, 3.05) is 5.88 Å². The summed E-state index contributed by atoms with van der Waals surface area (Å²) in [5.74, 6) is 1.14. The van der Waals surface area contributed by atoms with Gasteiger partial charge in [-0.25, -0.2) is 14.4 Å². The Bertz CT molecular complexity index is 770. The molecule has 0 spiro atoms. The van der Waals surface area contributed by atoms with Crippen LogP contribution in [-0.2, 0) is 13.0 Å². The number of fused-ring (bicyclic) bond motifs is 1. The molecule has 3 rings (SSSR count). The van der Waals surface area contributed by atoms with Gasteiger partial charge in [0.15, 0.2) is 5.65 Å². The Morgan fingerprint density at radius 1 is 1.24 bits per heavy atom. The van der Waals surface area contributed by atoms with Gasteiger partial charge < -0.3 is 4.57 Å². The number of benzene rings is 1. The molecule has 3 nitrogen and oxygen atoms in total. The first-order valence-corrected chi connectivity index (χ1v) is 7.81. The zero-order valence-corrected chi connectivity index (χ0v) is 13.4. The zero-order valence-electron chi connectivity index (χ0n) is 11.1. The van der Waals surface area contributed by atoms with Gasteiger partial charge in [0, 0.05) is 23.0 Å². The third-order valence-corrected chi connectivity index (χ3v) is 3.83. The van der Waals surface area contributed by atoms with Gasteiger partial charge in [-0.1, -0.05) is 12.1 Å². The van der Waals surface area contributed by atoms with Crippen LogP contribution in [0.5, 0.6) is 0 Å². The lowest BCUT2D eigenvalue weighted by Crippen LogP contribution is -2.06. The Hall–Kier alpha value is -1.46. The van der Waals surface area contributed by atoms with Crippen molar-refractivity contribution in [3.8, 4) is 0 Å². The first-order valence-electron chi connectivity index (χ1n) is 6.48. The third kappa shape index (κ3) is 3.09. The lowest BCUT2D eigenvalue weighted by molar-refractivity contribution is 0.626. The molecule has 0 unspecified atom stereocenters. The van der Waals surface area contributed by atoms with E-state index in [0.29, 0.717) is 18.8 Å². The van der Waals surface area contributed by atoms with Crippen LogP contribution in [0.1, 0.15) is 11.4 Å². The highest BCUT2D eigenvalue weighted by molar-refractivity contribution is 9.10. The van der Waals surface area contributed by atoms with Crippen LogP contribution in [0.2, 0.25) is 0 Å². The van der Waals surface area contributed by atoms with Crippen LogP contribution in [0, 0.1) is 5.82 Å². The molecule has 0 atom stereocenters. The van der Waals surface area contributed by atoms with Crippen LogP contribution in [0.15, 0.2) is 41.0 Å². The number of aromatic nitrogens is 3. The summed E-state index contributed by atoms with van der Waals surface area (Å²) >= 11 is 9.26. The van der Waals surface area contributed by atoms with E-state index >= 15 is 0 Å². The third-order valence-electron chi connectivity index (χ3n) is 3.20. The van der Waals surface area contributed by atoms with Crippen molar-refractivity contribution in [2.45, 2.75) is 13.0 Å². The largest absolute Gasteiger partial charge is 0.308 e. The second-order valence-electron chi connectivity index (χ2n) is 4.68. The molecule has 0 bridgehead atoms. The predicted molar refractivity (Wildman–Crippen MR) is 85.2 cm³/mol. The van der Waals surface area contributed by atoms with Crippen LogP contribution in [0.25, 0.3) is 11.2 Å². The molecule has 0 amide bonds. The summed E-state index contributed by atoms with van der Waals surface area (Å²) in [4.78, 5) is 9.02. The summed E-state index contributed by atoms with van der Waals surface area (Å²) in [6.45, 7) is 0.595. The highest BCUT2D eigenvalue weighted by atomic mass is 79.9. The lowest BCUT2D eigenvalue weighted by atomic mass is 10.2. The molecule has 1 aromatic carbocycles. The number of halogens is 3. The first-order chi connectivity index (χ1) is 10.2. The van der Waals surface area contributed by atoms with E-state index in [2.05, 4.69) is 25.9 Å². The van der Waals surface area contributed by atoms with Crippen molar-refractivity contribution >= 4 is 38.7 Å². The Morgan fingerprint density at radius 2 is 2.00 bits per heavy atom. The molecular formula is C15H12BrClFN3. The average Bonchev–Trinajstić information content (AvgIpc) is 2.79. The molecule has 21 heavy (non-hydrogen) atoms. The van der Waals surface area contributed by atoms with Gasteiger partial charge in [-0.15, -0.1) is 11.6 Å². The van der Waals surface area contributed by atoms with E-state index in [4.69, 9.17) is 11.6 Å². The minimum absolute atomic E-state index is 0.239. The van der Waals surface area contributed by atoms with Crippen LogP contribution in [0.4, 0.5) is 4.39 Å². The van der Waals surface area contributed by atoms with Crippen molar-refractivity contribution in [3.05, 3.63) is 58.2 Å². The fourth-order valence-electron chi connectivity index (χ4n) is 2.25. The van der Waals surface area contributed by atoms with Crippen LogP contribution < -0.4 is 0 Å². The van der Waals surface area contributed by atoms with Gasteiger partial charge in [0.25, 0.3) is 0 Å². The minimum Gasteiger partial charge on any atom is -0.308 e. The quantitative estimate of drug-likeness (QED) is 0.647. The fourth-order valence-corrected chi connectivity index (χ4v) is 2.74. The smallest absolute Gasteiger partial charge is 0.160 e. The highest BCUT2D eigenvalue weighted by Crippen LogP contribution is 2.20. The Labute approximate surface area is 134 Å². The molecule has 0 saturated carbocycles. The molecule has 0 saturated heterocycles. The number of hydrogen-bond donors (Lipinski definition) is 0. The van der Waals surface area contributed by atoms with Gasteiger partial charge in [-0.2, -0.15) is 0 Å². The summed E-state index contributed by atoms with van der Waals surface area (Å²) in [6.07, 6.45) is 2.41. The number of nitrogens with zero attached hydrogens (tertiary/aromatic N) is 3. The molecule has 0 fully saturated rings. The van der Waals surface area contributed by atoms with Crippen molar-refractivity contribution in [2.24, 2.45) is 0 Å². The molecule has 108 valence electrons. The summed E-state index contributed by atoms with van der Waals surface area (Å²) in [5.41, 5.74) is 2.63. The number of imidazole rings is 1. The van der Waals surface area contributed by atoms with E-state index in [1.165, 1.54) is 12.1 Å². The highest BCUT2D eigenvalue weighted by Gasteiger charge is 2.12. The van der Waals surface area contributed by atoms with Gasteiger partial charge in [-0.05, 0) is 39.7 Å². The molecule has 2 aromatic heterocycles. The number of hydrogen-bond acceptors (Lipinski definition) is 2. The topological polar surface area (TPSA) is 30.7 Å². The standard InChI is InChI=1S/C15H12BrClFN3/c16-11-7-13-15(19-8-11)21(14(20-13)5-6-17)9-10-1-3-12(18)4-2-10/h1-4,7-8H,5-6,9H2. The van der Waals surface area contributed by atoms with Gasteiger partial charge in [0.05, 0.1) is 6.54 Å². The number of pyridine rings is 1. The predicted octanol–water partition coefficient (Wildman–Crippen LogP) is 4.16. The van der Waals surface area contributed by atoms with Gasteiger partial charge in [0.2, 0.25) is 0 Å². The molecule has 0 aliphatic heterocycles. The van der Waals surface area contributed by atoms with Gasteiger partial charge in [0.1, 0.15) is 17.2 Å². The second kappa shape index (κ2) is 6.12. The Balaban J connectivity index is 2.06. The SMILES string of the molecule is Fc1ccc(Cn2c(CCCl)nc3cc(Br)cnc32)cc1. The molecule has 2 heterocycles. The summed E-state index contributed by atoms with van der Waals surface area (Å²) in [6, 6.07) is 8.38. The maximum absolute atomic E-state index is 13.0. The van der Waals surface area contributed by atoms with E-state index in [9.17, 15) is 4.39 Å². The van der Waals surface area contributed by atoms with E-state index in [0.717, 1.165) is 27.0 Å². The van der Waals surface area contributed by atoms with Crippen molar-refractivity contribution in [3.63, 3.8) is 0 Å². The first kappa shape index (κ1) is 14.5. The molecule has 6 heteroatoms. The van der Waals surface area contributed by atoms with Gasteiger partial charge in [-0.3, -0.25) is 0 Å². The Morgan fingerprint density at radius 3 is 2.71 bits per heavy atom. The van der Waals surface area contributed by atoms with E-state index < -0.39 is 0 Å². The van der Waals surface area contributed by atoms with Crippen molar-refractivity contribution in [1.82, 2.24) is 14.5 Å². The number of alkyl halides is 1. The second-order valence-corrected chi connectivity index (χ2v) is 5.97. The van der Waals surface area contributed by atoms with E-state index in [1.54, 1.807) is 18.3 Å². The minimum atomic E-state index is -0.239. The molecule has 0 radical (unpaired) electrons. The number of aryl methyl sites for hydroxylation is 1. The van der Waals surface area contributed by atoms with Crippen LogP contribution >= 0.6 is 27.5 Å². The molecule has 3 aromatic rings. The molecule has 0 N–H and O–H groups in total. The van der Waals surface area contributed by atoms with E-state index in [1.807, 2.05) is 10.6 Å². The van der Waals surface area contributed by atoms with Crippen molar-refractivity contribution < 1.29 is 4.39 Å².